The molecule has 88 valence electrons. The molecule has 16 heavy (non-hydrogen) atoms. The molecule has 1 aliphatic rings. The zero-order valence-corrected chi connectivity index (χ0v) is 11.6. The Bertz CT molecular complexity index is 473. The minimum absolute atomic E-state index is 0.386. The summed E-state index contributed by atoms with van der Waals surface area (Å²) in [6.07, 6.45) is 5.11. The van der Waals surface area contributed by atoms with E-state index in [-0.39, 0.29) is 0 Å². The third-order valence-electron chi connectivity index (χ3n) is 2.60. The highest BCUT2D eigenvalue weighted by atomic mass is 79.9. The maximum atomic E-state index is 12.2. The van der Waals surface area contributed by atoms with Gasteiger partial charge in [0.05, 0.1) is 5.69 Å². The van der Waals surface area contributed by atoms with Crippen molar-refractivity contribution in [2.24, 2.45) is 4.36 Å². The zero-order chi connectivity index (χ0) is 11.6. The van der Waals surface area contributed by atoms with E-state index in [0.29, 0.717) is 6.04 Å². The first-order valence-electron chi connectivity index (χ1n) is 5.30. The molecule has 0 spiro atoms. The van der Waals surface area contributed by atoms with Crippen LogP contribution in [0.4, 0.5) is 5.69 Å². The van der Waals surface area contributed by atoms with Gasteiger partial charge in [0.1, 0.15) is 9.92 Å². The molecule has 1 aromatic carbocycles. The summed E-state index contributed by atoms with van der Waals surface area (Å²) in [4.78, 5) is 0. The summed E-state index contributed by atoms with van der Waals surface area (Å²) in [6.45, 7) is 0. The molecule has 0 bridgehead atoms. The predicted molar refractivity (Wildman–Crippen MR) is 71.1 cm³/mol. The number of hydrogen-bond acceptors (Lipinski definition) is 2. The topological polar surface area (TPSA) is 41.5 Å². The maximum absolute atomic E-state index is 12.2. The fraction of sp³-hybridized carbons (Fsp3) is 0.455. The lowest BCUT2D eigenvalue weighted by atomic mass is 9.94. The minimum atomic E-state index is -2.30. The molecule has 0 amide bonds. The fourth-order valence-corrected chi connectivity index (χ4v) is 3.26. The number of hydrogen-bond donors (Lipinski definition) is 1. The first kappa shape index (κ1) is 12.1. The van der Waals surface area contributed by atoms with E-state index in [2.05, 4.69) is 25.0 Å². The normalized spacial score (nSPS) is 19.9. The van der Waals surface area contributed by atoms with Crippen molar-refractivity contribution in [3.8, 4) is 0 Å². The summed E-state index contributed by atoms with van der Waals surface area (Å²) in [7, 11) is -2.30. The molecule has 0 saturated heterocycles. The average molecular weight is 303 g/mol. The number of rotatable bonds is 3. The van der Waals surface area contributed by atoms with Crippen LogP contribution in [-0.2, 0) is 9.92 Å². The van der Waals surface area contributed by atoms with E-state index in [0.717, 1.165) is 23.0 Å². The monoisotopic (exact) mass is 302 g/mol. The van der Waals surface area contributed by atoms with E-state index in [1.807, 2.05) is 24.3 Å². The maximum Gasteiger partial charge on any atom is 0.110 e. The molecule has 5 heteroatoms. The van der Waals surface area contributed by atoms with Gasteiger partial charge in [-0.15, -0.1) is 0 Å². The largest absolute Gasteiger partial charge is 0.234 e. The van der Waals surface area contributed by atoms with Gasteiger partial charge in [-0.05, 0) is 37.1 Å². The molecule has 1 N–H and O–H groups in total. The fourth-order valence-electron chi connectivity index (χ4n) is 1.56. The Labute approximate surface area is 105 Å². The molecule has 3 nitrogen and oxygen atoms in total. The first-order chi connectivity index (χ1) is 7.55. The van der Waals surface area contributed by atoms with Crippen molar-refractivity contribution in [1.29, 1.82) is 0 Å². The van der Waals surface area contributed by atoms with Crippen molar-refractivity contribution in [3.63, 3.8) is 0 Å². The molecule has 1 aromatic rings. The predicted octanol–water partition coefficient (Wildman–Crippen LogP) is 3.24. The number of nitrogens with zero attached hydrogens (tertiary/aromatic N) is 1. The molecule has 0 radical (unpaired) electrons. The smallest absolute Gasteiger partial charge is 0.110 e. The van der Waals surface area contributed by atoms with E-state index in [1.165, 1.54) is 6.42 Å². The van der Waals surface area contributed by atoms with Gasteiger partial charge in [-0.1, -0.05) is 22.4 Å². The average Bonchev–Trinajstić information content (AvgIpc) is 2.16. The molecule has 1 unspecified atom stereocenters. The Balaban J connectivity index is 2.14. The van der Waals surface area contributed by atoms with Crippen LogP contribution in [0.1, 0.15) is 19.3 Å². The molecule has 1 atom stereocenters. The second-order valence-electron chi connectivity index (χ2n) is 4.12. The first-order valence-corrected chi connectivity index (χ1v) is 8.02. The Morgan fingerprint density at radius 3 is 2.50 bits per heavy atom. The van der Waals surface area contributed by atoms with Crippen molar-refractivity contribution in [2.75, 3.05) is 6.26 Å². The summed E-state index contributed by atoms with van der Waals surface area (Å²) in [5.74, 6) is 0. The zero-order valence-electron chi connectivity index (χ0n) is 9.15. The molecular weight excluding hydrogens is 288 g/mol. The van der Waals surface area contributed by atoms with Crippen LogP contribution in [0.15, 0.2) is 33.1 Å². The summed E-state index contributed by atoms with van der Waals surface area (Å²) in [5.41, 5.74) is 0.752. The second kappa shape index (κ2) is 4.85. The minimum Gasteiger partial charge on any atom is -0.234 e. The molecule has 1 aliphatic carbocycles. The van der Waals surface area contributed by atoms with Crippen LogP contribution < -0.4 is 4.72 Å². The summed E-state index contributed by atoms with van der Waals surface area (Å²) < 4.78 is 20.5. The van der Waals surface area contributed by atoms with Gasteiger partial charge >= 0.3 is 0 Å². The van der Waals surface area contributed by atoms with Gasteiger partial charge in [-0.25, -0.2) is 8.93 Å². The second-order valence-corrected chi connectivity index (χ2v) is 7.05. The van der Waals surface area contributed by atoms with Crippen molar-refractivity contribution in [3.05, 3.63) is 28.7 Å². The van der Waals surface area contributed by atoms with Gasteiger partial charge in [0.2, 0.25) is 0 Å². The van der Waals surface area contributed by atoms with Gasteiger partial charge in [0.25, 0.3) is 0 Å². The highest BCUT2D eigenvalue weighted by molar-refractivity contribution is 9.10. The van der Waals surface area contributed by atoms with Crippen LogP contribution in [0.25, 0.3) is 0 Å². The lowest BCUT2D eigenvalue weighted by molar-refractivity contribution is 0.390. The van der Waals surface area contributed by atoms with Gasteiger partial charge in [0, 0.05) is 16.8 Å². The van der Waals surface area contributed by atoms with Crippen LogP contribution in [0.5, 0.6) is 0 Å². The third-order valence-corrected chi connectivity index (χ3v) is 4.46. The standard InChI is InChI=1S/C11H15BrN2OS/c1-16(15,13-10-3-2-4-10)14-11-7-5-9(12)6-8-11/h5-8,10H,2-4H2,1H3,(H,13,14,15). The van der Waals surface area contributed by atoms with Gasteiger partial charge in [0.15, 0.2) is 0 Å². The number of benzene rings is 1. The lowest BCUT2D eigenvalue weighted by Crippen LogP contribution is -2.38. The molecule has 0 aromatic heterocycles. The van der Waals surface area contributed by atoms with E-state index >= 15 is 0 Å². The highest BCUT2D eigenvalue weighted by Gasteiger charge is 2.19. The van der Waals surface area contributed by atoms with Crippen LogP contribution in [0, 0.1) is 0 Å². The van der Waals surface area contributed by atoms with Gasteiger partial charge in [-0.3, -0.25) is 0 Å². The number of nitrogens with one attached hydrogen (secondary N) is 1. The Morgan fingerprint density at radius 1 is 1.38 bits per heavy atom. The summed E-state index contributed by atoms with van der Waals surface area (Å²) in [5, 5.41) is 0. The third kappa shape index (κ3) is 3.30. The van der Waals surface area contributed by atoms with Gasteiger partial charge < -0.3 is 0 Å². The van der Waals surface area contributed by atoms with E-state index in [1.54, 1.807) is 6.26 Å². The van der Waals surface area contributed by atoms with Crippen LogP contribution in [-0.4, -0.2) is 16.5 Å². The molecule has 0 aliphatic heterocycles. The van der Waals surface area contributed by atoms with Crippen molar-refractivity contribution >= 4 is 31.5 Å². The van der Waals surface area contributed by atoms with Crippen LogP contribution in [0.3, 0.4) is 0 Å². The van der Waals surface area contributed by atoms with Crippen molar-refractivity contribution < 1.29 is 4.21 Å². The number of halogens is 1. The molecule has 1 saturated carbocycles. The van der Waals surface area contributed by atoms with Crippen molar-refractivity contribution in [2.45, 2.75) is 25.3 Å². The molecule has 0 heterocycles. The summed E-state index contributed by atoms with van der Waals surface area (Å²) >= 11 is 3.36. The quantitative estimate of drug-likeness (QED) is 0.915. The van der Waals surface area contributed by atoms with Crippen LogP contribution in [0.2, 0.25) is 0 Å². The van der Waals surface area contributed by atoms with E-state index in [4.69, 9.17) is 0 Å². The van der Waals surface area contributed by atoms with Crippen molar-refractivity contribution in [1.82, 2.24) is 4.72 Å². The Morgan fingerprint density at radius 2 is 2.00 bits per heavy atom. The molecular formula is C11H15BrN2OS. The SMILES string of the molecule is CS(=O)(=Nc1ccc(Br)cc1)NC1CCC1. The molecule has 1 fully saturated rings. The van der Waals surface area contributed by atoms with Gasteiger partial charge in [-0.2, -0.15) is 4.36 Å². The summed E-state index contributed by atoms with van der Waals surface area (Å²) in [6, 6.07) is 7.90. The van der Waals surface area contributed by atoms with E-state index < -0.39 is 9.92 Å². The molecule has 2 rings (SSSR count). The van der Waals surface area contributed by atoms with E-state index in [9.17, 15) is 4.21 Å². The Hall–Kier alpha value is -0.390. The highest BCUT2D eigenvalue weighted by Crippen LogP contribution is 2.21. The Kier molecular flexibility index (Phi) is 3.66. The van der Waals surface area contributed by atoms with Crippen LogP contribution >= 0.6 is 15.9 Å². The lowest BCUT2D eigenvalue weighted by Gasteiger charge is -2.26.